The van der Waals surface area contributed by atoms with Gasteiger partial charge in [0, 0.05) is 17.2 Å². The highest BCUT2D eigenvalue weighted by Crippen LogP contribution is 2.35. The molecule has 2 aromatic heterocycles. The summed E-state index contributed by atoms with van der Waals surface area (Å²) in [6, 6.07) is 26.3. The van der Waals surface area contributed by atoms with Crippen LogP contribution in [0.2, 0.25) is 0 Å². The first-order valence-electron chi connectivity index (χ1n) is 14.7. The molecule has 6 rings (SSSR count). The van der Waals surface area contributed by atoms with E-state index in [-0.39, 0.29) is 24.3 Å². The quantitative estimate of drug-likeness (QED) is 0.200. The molecule has 232 valence electrons. The topological polar surface area (TPSA) is 109 Å². The van der Waals surface area contributed by atoms with Gasteiger partial charge in [-0.15, -0.1) is 0 Å². The second-order valence-electron chi connectivity index (χ2n) is 10.2. The molecule has 0 bridgehead atoms. The van der Waals surface area contributed by atoms with Crippen molar-refractivity contribution in [3.8, 4) is 17.1 Å². The number of esters is 2. The predicted molar refractivity (Wildman–Crippen MR) is 174 cm³/mol. The first-order chi connectivity index (χ1) is 22.4. The molecule has 0 saturated heterocycles. The maximum absolute atomic E-state index is 14.1. The molecule has 0 spiro atoms. The molecule has 5 aromatic rings. The first kappa shape index (κ1) is 30.5. The number of ether oxygens (including phenoxy) is 3. The van der Waals surface area contributed by atoms with Crippen molar-refractivity contribution in [3.63, 3.8) is 0 Å². The Bertz CT molecular complexity index is 2120. The lowest BCUT2D eigenvalue weighted by atomic mass is 9.93. The van der Waals surface area contributed by atoms with Crippen LogP contribution in [0.1, 0.15) is 47.1 Å². The minimum absolute atomic E-state index is 0.160. The number of fused-ring (bicyclic) bond motifs is 1. The molecular weight excluding hydrogens is 604 g/mol. The number of carbonyl (C=O) groups is 2. The van der Waals surface area contributed by atoms with Crippen LogP contribution in [0.5, 0.6) is 5.75 Å². The summed E-state index contributed by atoms with van der Waals surface area (Å²) in [5.41, 5.74) is 2.90. The fraction of sp³-hybridized carbons (Fsp3) is 0.167. The standard InChI is InChI=1S/C36H30N2O7S/c1-4-43-34(40)25-13-9-12-24(20-25)28-19-18-27(45-28)21-29-33(39)38-32(23-14-16-26(42-3)17-15-23)30(35(41)44-5-2)31(37-36(38)46-29)22-10-7-6-8-11-22/h6-21,32H,4-5H2,1-3H3/b29-21-. The smallest absolute Gasteiger partial charge is 0.338 e. The predicted octanol–water partition coefficient (Wildman–Crippen LogP) is 5.38. The highest BCUT2D eigenvalue weighted by molar-refractivity contribution is 7.07. The monoisotopic (exact) mass is 634 g/mol. The number of furan rings is 1. The van der Waals surface area contributed by atoms with Crippen molar-refractivity contribution in [2.75, 3.05) is 20.3 Å². The Balaban J connectivity index is 1.50. The summed E-state index contributed by atoms with van der Waals surface area (Å²) in [4.78, 5) is 45.3. The van der Waals surface area contributed by atoms with Gasteiger partial charge < -0.3 is 18.6 Å². The molecule has 46 heavy (non-hydrogen) atoms. The molecule has 0 fully saturated rings. The molecule has 3 aromatic carbocycles. The molecular formula is C36H30N2O7S. The van der Waals surface area contributed by atoms with E-state index in [2.05, 4.69) is 0 Å². The maximum Gasteiger partial charge on any atom is 0.338 e. The minimum atomic E-state index is -0.809. The lowest BCUT2D eigenvalue weighted by molar-refractivity contribution is -0.138. The average Bonchev–Trinajstić information content (AvgIpc) is 3.68. The van der Waals surface area contributed by atoms with Crippen molar-refractivity contribution in [2.45, 2.75) is 19.9 Å². The highest BCUT2D eigenvalue weighted by Gasteiger charge is 2.35. The van der Waals surface area contributed by atoms with E-state index >= 15 is 0 Å². The molecule has 1 aliphatic heterocycles. The largest absolute Gasteiger partial charge is 0.497 e. The van der Waals surface area contributed by atoms with Gasteiger partial charge in [0.1, 0.15) is 17.3 Å². The Morgan fingerprint density at radius 1 is 0.891 bits per heavy atom. The average molecular weight is 635 g/mol. The van der Waals surface area contributed by atoms with Crippen LogP contribution < -0.4 is 19.6 Å². The van der Waals surface area contributed by atoms with E-state index < -0.39 is 18.0 Å². The number of carbonyl (C=O) groups excluding carboxylic acids is 2. The number of benzene rings is 3. The van der Waals surface area contributed by atoms with Crippen LogP contribution in [0.15, 0.2) is 111 Å². The number of methoxy groups -OCH3 is 1. The summed E-state index contributed by atoms with van der Waals surface area (Å²) in [6.07, 6.45) is 1.66. The van der Waals surface area contributed by atoms with Crippen molar-refractivity contribution in [1.82, 2.24) is 4.57 Å². The van der Waals surface area contributed by atoms with Gasteiger partial charge in [-0.2, -0.15) is 0 Å². The Hall–Kier alpha value is -5.48. The van der Waals surface area contributed by atoms with Crippen molar-refractivity contribution in [2.24, 2.45) is 4.99 Å². The van der Waals surface area contributed by atoms with E-state index in [4.69, 9.17) is 23.6 Å². The lowest BCUT2D eigenvalue weighted by Gasteiger charge is -2.26. The summed E-state index contributed by atoms with van der Waals surface area (Å²) in [5, 5.41) is 0. The Kier molecular flexibility index (Phi) is 8.80. The molecule has 0 aliphatic carbocycles. The van der Waals surface area contributed by atoms with Crippen LogP contribution in [-0.2, 0) is 14.3 Å². The summed E-state index contributed by atoms with van der Waals surface area (Å²) >= 11 is 1.20. The van der Waals surface area contributed by atoms with E-state index in [0.29, 0.717) is 49.0 Å². The fourth-order valence-corrected chi connectivity index (χ4v) is 6.25. The highest BCUT2D eigenvalue weighted by atomic mass is 32.1. The van der Waals surface area contributed by atoms with E-state index in [1.807, 2.05) is 48.5 Å². The van der Waals surface area contributed by atoms with Crippen molar-refractivity contribution >= 4 is 35.0 Å². The van der Waals surface area contributed by atoms with Gasteiger partial charge in [0.15, 0.2) is 4.80 Å². The van der Waals surface area contributed by atoms with Gasteiger partial charge in [0.05, 0.1) is 47.7 Å². The van der Waals surface area contributed by atoms with Gasteiger partial charge in [-0.3, -0.25) is 9.36 Å². The molecule has 9 nitrogen and oxygen atoms in total. The summed E-state index contributed by atoms with van der Waals surface area (Å²) in [5.74, 6) is 0.636. The Morgan fingerprint density at radius 2 is 1.61 bits per heavy atom. The summed E-state index contributed by atoms with van der Waals surface area (Å²) in [7, 11) is 1.58. The molecule has 0 amide bonds. The van der Waals surface area contributed by atoms with Gasteiger partial charge in [-0.1, -0.05) is 65.9 Å². The lowest BCUT2D eigenvalue weighted by Crippen LogP contribution is -2.40. The summed E-state index contributed by atoms with van der Waals surface area (Å²) < 4.78 is 24.0. The van der Waals surface area contributed by atoms with Crippen molar-refractivity contribution < 1.29 is 28.2 Å². The van der Waals surface area contributed by atoms with Gasteiger partial charge >= 0.3 is 11.9 Å². The number of nitrogens with zero attached hydrogens (tertiary/aromatic N) is 2. The zero-order chi connectivity index (χ0) is 32.2. The fourth-order valence-electron chi connectivity index (χ4n) is 5.27. The zero-order valence-corrected chi connectivity index (χ0v) is 26.2. The number of hydrogen-bond donors (Lipinski definition) is 0. The normalized spacial score (nSPS) is 14.4. The van der Waals surface area contributed by atoms with E-state index in [9.17, 15) is 14.4 Å². The molecule has 0 saturated carbocycles. The van der Waals surface area contributed by atoms with E-state index in [0.717, 1.165) is 5.56 Å². The molecule has 1 aliphatic rings. The molecule has 1 atom stereocenters. The van der Waals surface area contributed by atoms with E-state index in [1.165, 1.54) is 15.9 Å². The van der Waals surface area contributed by atoms with E-state index in [1.54, 1.807) is 69.5 Å². The molecule has 0 N–H and O–H groups in total. The van der Waals surface area contributed by atoms with Crippen LogP contribution in [0.25, 0.3) is 23.1 Å². The second-order valence-corrected chi connectivity index (χ2v) is 11.2. The van der Waals surface area contributed by atoms with Crippen LogP contribution in [0, 0.1) is 0 Å². The number of aromatic nitrogens is 1. The van der Waals surface area contributed by atoms with Gasteiger partial charge in [0.25, 0.3) is 5.56 Å². The molecule has 3 heterocycles. The third-order valence-electron chi connectivity index (χ3n) is 7.36. The zero-order valence-electron chi connectivity index (χ0n) is 25.4. The van der Waals surface area contributed by atoms with Gasteiger partial charge in [-0.25, -0.2) is 14.6 Å². The SMILES string of the molecule is CCOC(=O)C1=C(c2ccccc2)N=c2s/c(=C\c3ccc(-c4cccc(C(=O)OCC)c4)o3)c(=O)n2C1c1ccc(OC)cc1. The minimum Gasteiger partial charge on any atom is -0.497 e. The molecule has 10 heteroatoms. The number of rotatable bonds is 9. The Morgan fingerprint density at radius 3 is 2.33 bits per heavy atom. The van der Waals surface area contributed by atoms with Crippen molar-refractivity contribution in [1.29, 1.82) is 0 Å². The number of thiazole rings is 1. The van der Waals surface area contributed by atoms with Crippen molar-refractivity contribution in [3.05, 3.63) is 139 Å². The third kappa shape index (κ3) is 5.94. The maximum atomic E-state index is 14.1. The van der Waals surface area contributed by atoms with Gasteiger partial charge in [0.2, 0.25) is 0 Å². The number of hydrogen-bond acceptors (Lipinski definition) is 9. The third-order valence-corrected chi connectivity index (χ3v) is 8.35. The van der Waals surface area contributed by atoms with Crippen LogP contribution in [0.4, 0.5) is 0 Å². The molecule has 0 radical (unpaired) electrons. The first-order valence-corrected chi connectivity index (χ1v) is 15.5. The Labute approximate surface area is 268 Å². The summed E-state index contributed by atoms with van der Waals surface area (Å²) in [6.45, 7) is 3.93. The van der Waals surface area contributed by atoms with Crippen LogP contribution in [-0.4, -0.2) is 36.8 Å². The van der Waals surface area contributed by atoms with Crippen LogP contribution in [0.3, 0.4) is 0 Å². The molecule has 1 unspecified atom stereocenters. The van der Waals surface area contributed by atoms with Gasteiger partial charge in [-0.05, 0) is 55.8 Å². The van der Waals surface area contributed by atoms with Crippen LogP contribution >= 0.6 is 11.3 Å². The second kappa shape index (κ2) is 13.3.